The standard InChI is InChI=1S/C25H24N2O4/c1-17-6-8-19(9-7-17)25(29)26-20-10-11-22-23(15-20)31-16-24(28)27(22)12-13-30-21-5-3-4-18(2)14-21/h3-11,14-15H,12-13,16H2,1-2H3,(H,26,29). The highest BCUT2D eigenvalue weighted by Gasteiger charge is 2.26. The van der Waals surface area contributed by atoms with Crippen LogP contribution >= 0.6 is 0 Å². The van der Waals surface area contributed by atoms with E-state index < -0.39 is 0 Å². The molecule has 31 heavy (non-hydrogen) atoms. The first-order chi connectivity index (χ1) is 15.0. The number of amides is 2. The molecule has 3 aromatic carbocycles. The third-order valence-corrected chi connectivity index (χ3v) is 5.05. The van der Waals surface area contributed by atoms with Crippen molar-refractivity contribution in [2.75, 3.05) is 30.0 Å². The maximum absolute atomic E-state index is 12.5. The van der Waals surface area contributed by atoms with Gasteiger partial charge in [0.25, 0.3) is 11.8 Å². The first-order valence-corrected chi connectivity index (χ1v) is 10.1. The number of rotatable bonds is 6. The second-order valence-electron chi connectivity index (χ2n) is 7.50. The van der Waals surface area contributed by atoms with Gasteiger partial charge in [-0.15, -0.1) is 0 Å². The van der Waals surface area contributed by atoms with E-state index in [-0.39, 0.29) is 18.4 Å². The summed E-state index contributed by atoms with van der Waals surface area (Å²) in [4.78, 5) is 26.5. The molecule has 3 aromatic rings. The van der Waals surface area contributed by atoms with Crippen molar-refractivity contribution >= 4 is 23.2 Å². The highest BCUT2D eigenvalue weighted by molar-refractivity contribution is 6.05. The maximum Gasteiger partial charge on any atom is 0.265 e. The summed E-state index contributed by atoms with van der Waals surface area (Å²) in [5.74, 6) is 0.999. The fourth-order valence-electron chi connectivity index (χ4n) is 3.40. The van der Waals surface area contributed by atoms with Crippen LogP contribution in [0.4, 0.5) is 11.4 Å². The van der Waals surface area contributed by atoms with Gasteiger partial charge < -0.3 is 19.7 Å². The molecule has 0 bridgehead atoms. The van der Waals surface area contributed by atoms with Crippen molar-refractivity contribution in [3.63, 3.8) is 0 Å². The Morgan fingerprint density at radius 3 is 2.61 bits per heavy atom. The lowest BCUT2D eigenvalue weighted by Crippen LogP contribution is -2.41. The number of anilines is 2. The summed E-state index contributed by atoms with van der Waals surface area (Å²) in [7, 11) is 0. The fourth-order valence-corrected chi connectivity index (χ4v) is 3.40. The minimum Gasteiger partial charge on any atom is -0.492 e. The van der Waals surface area contributed by atoms with Gasteiger partial charge in [-0.2, -0.15) is 0 Å². The van der Waals surface area contributed by atoms with Crippen LogP contribution < -0.4 is 19.7 Å². The lowest BCUT2D eigenvalue weighted by atomic mass is 10.1. The molecule has 0 saturated heterocycles. The molecule has 158 valence electrons. The number of carbonyl (C=O) groups excluding carboxylic acids is 2. The first-order valence-electron chi connectivity index (χ1n) is 10.1. The van der Waals surface area contributed by atoms with Gasteiger partial charge in [0.05, 0.1) is 12.2 Å². The highest BCUT2D eigenvalue weighted by atomic mass is 16.5. The Morgan fingerprint density at radius 1 is 1.03 bits per heavy atom. The first kappa shape index (κ1) is 20.5. The molecule has 0 radical (unpaired) electrons. The smallest absolute Gasteiger partial charge is 0.265 e. The summed E-state index contributed by atoms with van der Waals surface area (Å²) in [6, 6.07) is 20.4. The predicted octanol–water partition coefficient (Wildman–Crippen LogP) is 4.36. The van der Waals surface area contributed by atoms with E-state index in [9.17, 15) is 9.59 Å². The summed E-state index contributed by atoms with van der Waals surface area (Å²) >= 11 is 0. The van der Waals surface area contributed by atoms with Crippen LogP contribution in [0.25, 0.3) is 0 Å². The van der Waals surface area contributed by atoms with Crippen LogP contribution in [0.15, 0.2) is 66.7 Å². The van der Waals surface area contributed by atoms with Crippen LogP contribution in [0.5, 0.6) is 11.5 Å². The normalized spacial score (nSPS) is 12.7. The van der Waals surface area contributed by atoms with Gasteiger partial charge >= 0.3 is 0 Å². The number of nitrogens with zero attached hydrogens (tertiary/aromatic N) is 1. The Bertz CT molecular complexity index is 1110. The number of ether oxygens (including phenoxy) is 2. The van der Waals surface area contributed by atoms with Gasteiger partial charge in [-0.05, 0) is 55.8 Å². The van der Waals surface area contributed by atoms with Crippen LogP contribution in [0, 0.1) is 13.8 Å². The van der Waals surface area contributed by atoms with Crippen molar-refractivity contribution in [3.05, 3.63) is 83.4 Å². The molecule has 0 saturated carbocycles. The topological polar surface area (TPSA) is 67.9 Å². The zero-order chi connectivity index (χ0) is 21.8. The number of carbonyl (C=O) groups is 2. The van der Waals surface area contributed by atoms with Crippen molar-refractivity contribution in [3.8, 4) is 11.5 Å². The van der Waals surface area contributed by atoms with Crippen LogP contribution in [0.2, 0.25) is 0 Å². The molecule has 4 rings (SSSR count). The number of aryl methyl sites for hydroxylation is 2. The van der Waals surface area contributed by atoms with Crippen LogP contribution in [0.1, 0.15) is 21.5 Å². The van der Waals surface area contributed by atoms with Gasteiger partial charge in [0.2, 0.25) is 0 Å². The minimum atomic E-state index is -0.199. The lowest BCUT2D eigenvalue weighted by molar-refractivity contribution is -0.121. The summed E-state index contributed by atoms with van der Waals surface area (Å²) in [6.07, 6.45) is 0. The summed E-state index contributed by atoms with van der Waals surface area (Å²) < 4.78 is 11.4. The Labute approximate surface area is 181 Å². The molecular weight excluding hydrogens is 392 g/mol. The Hall–Kier alpha value is -3.80. The minimum absolute atomic E-state index is 0.0488. The molecule has 1 N–H and O–H groups in total. The number of benzene rings is 3. The highest BCUT2D eigenvalue weighted by Crippen LogP contribution is 2.34. The van der Waals surface area contributed by atoms with E-state index >= 15 is 0 Å². The fraction of sp³-hybridized carbons (Fsp3) is 0.200. The van der Waals surface area contributed by atoms with E-state index in [0.29, 0.717) is 35.8 Å². The molecule has 0 atom stereocenters. The van der Waals surface area contributed by atoms with Crippen molar-refractivity contribution in [2.24, 2.45) is 0 Å². The van der Waals surface area contributed by atoms with E-state index in [0.717, 1.165) is 16.9 Å². The molecule has 0 aromatic heterocycles. The van der Waals surface area contributed by atoms with E-state index in [1.54, 1.807) is 35.2 Å². The van der Waals surface area contributed by atoms with Gasteiger partial charge in [0.1, 0.15) is 18.1 Å². The van der Waals surface area contributed by atoms with Crippen LogP contribution in [-0.2, 0) is 4.79 Å². The molecule has 0 fully saturated rings. The molecule has 6 heteroatoms. The maximum atomic E-state index is 12.5. The Balaban J connectivity index is 1.43. The zero-order valence-corrected chi connectivity index (χ0v) is 17.6. The van der Waals surface area contributed by atoms with E-state index in [2.05, 4.69) is 5.32 Å². The average molecular weight is 416 g/mol. The number of hydrogen-bond donors (Lipinski definition) is 1. The van der Waals surface area contributed by atoms with Crippen LogP contribution in [-0.4, -0.2) is 31.6 Å². The number of hydrogen-bond acceptors (Lipinski definition) is 4. The summed E-state index contributed by atoms with van der Waals surface area (Å²) in [6.45, 7) is 4.69. The van der Waals surface area contributed by atoms with Gasteiger partial charge in [0.15, 0.2) is 6.61 Å². The van der Waals surface area contributed by atoms with Crippen molar-refractivity contribution in [2.45, 2.75) is 13.8 Å². The van der Waals surface area contributed by atoms with Crippen LogP contribution in [0.3, 0.4) is 0 Å². The Morgan fingerprint density at radius 2 is 1.84 bits per heavy atom. The largest absolute Gasteiger partial charge is 0.492 e. The van der Waals surface area contributed by atoms with Gasteiger partial charge in [0, 0.05) is 17.3 Å². The van der Waals surface area contributed by atoms with Gasteiger partial charge in [-0.25, -0.2) is 0 Å². The molecule has 0 spiro atoms. The Kier molecular flexibility index (Phi) is 5.89. The van der Waals surface area contributed by atoms with E-state index in [1.807, 2.05) is 50.2 Å². The van der Waals surface area contributed by atoms with Gasteiger partial charge in [-0.3, -0.25) is 9.59 Å². The zero-order valence-electron chi connectivity index (χ0n) is 17.6. The average Bonchev–Trinajstić information content (AvgIpc) is 2.76. The molecule has 0 unspecified atom stereocenters. The quantitative estimate of drug-likeness (QED) is 0.648. The molecule has 0 aliphatic carbocycles. The van der Waals surface area contributed by atoms with Gasteiger partial charge in [-0.1, -0.05) is 29.8 Å². The number of fused-ring (bicyclic) bond motifs is 1. The summed E-state index contributed by atoms with van der Waals surface area (Å²) in [5.41, 5.74) is 4.06. The van der Waals surface area contributed by atoms with E-state index in [1.165, 1.54) is 0 Å². The number of nitrogens with one attached hydrogen (secondary N) is 1. The molecule has 1 aliphatic rings. The van der Waals surface area contributed by atoms with Crippen molar-refractivity contribution in [1.82, 2.24) is 0 Å². The second kappa shape index (κ2) is 8.92. The molecule has 1 aliphatic heterocycles. The van der Waals surface area contributed by atoms with Crippen molar-refractivity contribution in [1.29, 1.82) is 0 Å². The molecule has 1 heterocycles. The lowest BCUT2D eigenvalue weighted by Gasteiger charge is -2.29. The van der Waals surface area contributed by atoms with E-state index in [4.69, 9.17) is 9.47 Å². The second-order valence-corrected chi connectivity index (χ2v) is 7.50. The third-order valence-electron chi connectivity index (χ3n) is 5.05. The third kappa shape index (κ3) is 4.86. The molecule has 2 amide bonds. The SMILES string of the molecule is Cc1ccc(C(=O)Nc2ccc3c(c2)OCC(=O)N3CCOc2cccc(C)c2)cc1. The van der Waals surface area contributed by atoms with Crippen molar-refractivity contribution < 1.29 is 19.1 Å². The predicted molar refractivity (Wildman–Crippen MR) is 120 cm³/mol. The molecular formula is C25H24N2O4. The molecule has 6 nitrogen and oxygen atoms in total. The monoisotopic (exact) mass is 416 g/mol. The summed E-state index contributed by atoms with van der Waals surface area (Å²) in [5, 5.41) is 2.88.